The highest BCUT2D eigenvalue weighted by Crippen LogP contribution is 2.70. The lowest BCUT2D eigenvalue weighted by molar-refractivity contribution is -0.219. The lowest BCUT2D eigenvalue weighted by atomic mass is 9.44. The van der Waals surface area contributed by atoms with Crippen molar-refractivity contribution in [3.8, 4) is 5.75 Å². The zero-order valence-electron chi connectivity index (χ0n) is 45.8. The molecule has 23 nitrogen and oxygen atoms in total. The number of anilines is 3. The second-order valence-electron chi connectivity index (χ2n) is 21.1. The number of nitrogens with zero attached hydrogens (tertiary/aromatic N) is 8. The van der Waals surface area contributed by atoms with Gasteiger partial charge in [-0.25, -0.2) is 26.0 Å². The predicted molar refractivity (Wildman–Crippen MR) is 321 cm³/mol. The van der Waals surface area contributed by atoms with Crippen molar-refractivity contribution in [2.45, 2.75) is 97.1 Å². The van der Waals surface area contributed by atoms with Gasteiger partial charge in [-0.15, -0.1) is 30.6 Å². The number of amides is 1. The van der Waals surface area contributed by atoms with E-state index in [0.717, 1.165) is 22.7 Å². The van der Waals surface area contributed by atoms with E-state index in [1.807, 2.05) is 0 Å². The van der Waals surface area contributed by atoms with Crippen LogP contribution in [-0.4, -0.2) is 110 Å². The van der Waals surface area contributed by atoms with Crippen LogP contribution in [0.1, 0.15) is 56.5 Å². The largest absolute Gasteiger partial charge is 0.421 e. The molecule has 4 aliphatic carbocycles. The van der Waals surface area contributed by atoms with Crippen molar-refractivity contribution in [2.75, 3.05) is 21.4 Å². The molecule has 0 bridgehead atoms. The summed E-state index contributed by atoms with van der Waals surface area (Å²) in [5.74, 6) is -4.20. The number of aliphatic hydroxyl groups excluding tert-OH is 2. The van der Waals surface area contributed by atoms with Crippen LogP contribution in [0, 0.1) is 42.4 Å². The summed E-state index contributed by atoms with van der Waals surface area (Å²) in [5.41, 5.74) is -4.73. The number of alkyl halides is 5. The first kappa shape index (κ1) is 64.2. The quantitative estimate of drug-likeness (QED) is 0.0227. The molecule has 4 aliphatic rings. The number of Topliss-reactive ketones (excluding diaryl/α,β-unsaturated/α-hetero) is 1. The third-order valence-electron chi connectivity index (χ3n) is 16.0. The van der Waals surface area contributed by atoms with E-state index in [2.05, 4.69) is 55.6 Å². The molecule has 10 rings (SSSR count). The molecule has 0 saturated heterocycles. The minimum Gasteiger partial charge on any atom is -0.421 e. The van der Waals surface area contributed by atoms with Gasteiger partial charge in [-0.05, 0) is 131 Å². The fourth-order valence-corrected chi connectivity index (χ4v) is 15.9. The lowest BCUT2D eigenvalue weighted by Gasteiger charge is -2.62. The van der Waals surface area contributed by atoms with Crippen LogP contribution in [0.15, 0.2) is 127 Å². The van der Waals surface area contributed by atoms with Crippen LogP contribution in [0.5, 0.6) is 5.75 Å². The molecule has 454 valence electrons. The van der Waals surface area contributed by atoms with Crippen molar-refractivity contribution >= 4 is 162 Å². The van der Waals surface area contributed by atoms with Crippen LogP contribution in [-0.2, 0) is 39.2 Å². The summed E-state index contributed by atoms with van der Waals surface area (Å²) in [7, 11) is -8.03. The Bertz CT molecular complexity index is 4040. The number of sulfonamides is 2. The maximum absolute atomic E-state index is 16.9. The number of aryl methyl sites for hydroxylation is 2. The van der Waals surface area contributed by atoms with E-state index in [4.69, 9.17) is 51.1 Å². The number of benzene rings is 4. The zero-order valence-corrected chi connectivity index (χ0v) is 52.1. The van der Waals surface area contributed by atoms with E-state index in [1.54, 1.807) is 40.7 Å². The van der Waals surface area contributed by atoms with Gasteiger partial charge in [-0.1, -0.05) is 107 Å². The Morgan fingerprint density at radius 3 is 1.88 bits per heavy atom. The number of aliphatic hydroxyl groups is 3. The Labute approximate surface area is 519 Å². The van der Waals surface area contributed by atoms with Crippen LogP contribution in [0.2, 0.25) is 0 Å². The Balaban J connectivity index is 0.000000262. The molecule has 3 saturated carbocycles. The molecule has 0 aliphatic heterocycles. The van der Waals surface area contributed by atoms with Crippen LogP contribution >= 0.6 is 69.1 Å². The topological polar surface area (TPSA) is 344 Å². The number of ketones is 2. The molecule has 32 heteroatoms. The Kier molecular flexibility index (Phi) is 18.4. The summed E-state index contributed by atoms with van der Waals surface area (Å²) in [4.78, 5) is 46.5. The molecule has 6 N–H and O–H groups in total. The molecule has 1 amide bonds. The number of nitrogens with one attached hydrogen (secondary N) is 3. The van der Waals surface area contributed by atoms with Gasteiger partial charge in [0.05, 0.1) is 38.6 Å². The summed E-state index contributed by atoms with van der Waals surface area (Å²) in [5, 5.41) is 68.5. The first-order chi connectivity index (χ1) is 40.4. The number of allylic oxidation sites excluding steroid dienone is 4. The second kappa shape index (κ2) is 24.7. The smallest absolute Gasteiger partial charge is 0.344 e. The summed E-state index contributed by atoms with van der Waals surface area (Å²) in [6, 6.07) is 16.6. The molecular formula is C54H52Cl4FN11O12S4. The van der Waals surface area contributed by atoms with E-state index >= 15 is 4.39 Å². The molecule has 3 fully saturated rings. The molecule has 8 unspecified atom stereocenters. The van der Waals surface area contributed by atoms with Gasteiger partial charge in [0.25, 0.3) is 26.0 Å². The summed E-state index contributed by atoms with van der Waals surface area (Å²) in [6.07, 6.45) is 4.44. The summed E-state index contributed by atoms with van der Waals surface area (Å²) < 4.78 is 78.8. The maximum Gasteiger partial charge on any atom is 0.344 e. The second-order valence-corrected chi connectivity index (χ2v) is 29.0. The minimum absolute atomic E-state index is 0.0399. The van der Waals surface area contributed by atoms with Gasteiger partial charge in [0.1, 0.15) is 27.9 Å². The van der Waals surface area contributed by atoms with Gasteiger partial charge in [0.2, 0.25) is 15.1 Å². The lowest BCUT2D eigenvalue weighted by Crippen LogP contribution is -2.69. The fourth-order valence-electron chi connectivity index (χ4n) is 12.0. The molecule has 8 atom stereocenters. The molecule has 2 heterocycles. The van der Waals surface area contributed by atoms with Gasteiger partial charge in [0.15, 0.2) is 27.8 Å². The number of carbonyl (C=O) groups is 4. The molecule has 6 aromatic rings. The van der Waals surface area contributed by atoms with E-state index in [0.29, 0.717) is 34.9 Å². The summed E-state index contributed by atoms with van der Waals surface area (Å²) >= 11 is 25.4. The first-order valence-electron chi connectivity index (χ1n) is 26.0. The van der Waals surface area contributed by atoms with Crippen molar-refractivity contribution < 1.29 is 60.5 Å². The van der Waals surface area contributed by atoms with E-state index in [-0.39, 0.29) is 83.1 Å². The van der Waals surface area contributed by atoms with Gasteiger partial charge < -0.3 is 25.4 Å². The van der Waals surface area contributed by atoms with Crippen molar-refractivity contribution in [3.05, 3.63) is 107 Å². The summed E-state index contributed by atoms with van der Waals surface area (Å²) in [6.45, 7) is 7.84. The van der Waals surface area contributed by atoms with Gasteiger partial charge >= 0.3 is 5.97 Å². The van der Waals surface area contributed by atoms with Crippen molar-refractivity contribution in [2.24, 2.45) is 49.0 Å². The zero-order chi connectivity index (χ0) is 62.5. The number of carbonyl (C=O) groups excluding carboxylic acids is 4. The number of esters is 1. The fraction of sp³-hybridized carbons (Fsp3) is 0.370. The average Bonchev–Trinajstić information content (AvgIpc) is 1.34. The SMILES string of the molecule is CC1CC2C3CCC4=CC(=O)C=CC4(C)C3(F)C(O)CC2(C)C1(O)C(=O)CO.Cc1nnc(NS(=O)(=O)c2ccc(N=Nc3cc(N=Nc4ccc(S(=O)(=O)Nc5nnc(C)s5)cc4)c4c(NC(=O)C(Cl)Cl)cccc4c3OC(=O)C(Cl)Cl)cc2)s1. The number of aromatic nitrogens is 4. The number of hydrogen-bond acceptors (Lipinski definition) is 22. The van der Waals surface area contributed by atoms with Crippen LogP contribution in [0.4, 0.5) is 43.1 Å². The highest BCUT2D eigenvalue weighted by molar-refractivity contribution is 7.93. The Hall–Kier alpha value is -6.31. The maximum atomic E-state index is 16.9. The third-order valence-corrected chi connectivity index (χ3v) is 21.3. The van der Waals surface area contributed by atoms with Crippen molar-refractivity contribution in [1.82, 2.24) is 20.4 Å². The van der Waals surface area contributed by atoms with Gasteiger partial charge in [0, 0.05) is 27.5 Å². The van der Waals surface area contributed by atoms with Gasteiger partial charge in [-0.2, -0.15) is 10.2 Å². The van der Waals surface area contributed by atoms with E-state index in [9.17, 15) is 51.3 Å². The van der Waals surface area contributed by atoms with Crippen molar-refractivity contribution in [3.63, 3.8) is 0 Å². The van der Waals surface area contributed by atoms with E-state index in [1.165, 1.54) is 84.9 Å². The monoisotopic (exact) mass is 1330 g/mol. The molecule has 4 aromatic carbocycles. The first-order valence-corrected chi connectivity index (χ1v) is 32.4. The van der Waals surface area contributed by atoms with Crippen molar-refractivity contribution in [1.29, 1.82) is 0 Å². The van der Waals surface area contributed by atoms with Crippen LogP contribution in [0.25, 0.3) is 10.8 Å². The number of hydrogen-bond donors (Lipinski definition) is 6. The van der Waals surface area contributed by atoms with Gasteiger partial charge in [-0.3, -0.25) is 23.8 Å². The number of azo groups is 2. The third kappa shape index (κ3) is 12.2. The number of rotatable bonds is 16. The normalized spacial score (nSPS) is 25.3. The molecular weight excluding hydrogens is 1280 g/mol. The number of halogens is 5. The standard InChI is InChI=1S/C32H23Cl4N11O7S4.C22H29FO5/c1-15-38-44-31(55-15)46-57(50,51)19-10-6-17(7-11-19)40-42-23-14-24(43-41-18-8-12-20(13-9-18)58(52,53)47-32-45-39-16(2)56-32)26(54-30(49)28(35)36)21-4-3-5-22(25(21)23)37-29(48)27(33)34;1-12-8-16-15-5-4-13-9-14(25)6-7-19(13,2)21(15,23)17(26)10-20(16,3)22(12,28)18(27)11-24/h3-14,27-28H,1-2H3,(H,37,48)(H,44,46)(H,45,47);6-7,9,12,15-17,24,26,28H,4-5,8,10-11H2,1-3H3. The Morgan fingerprint density at radius 2 is 1.37 bits per heavy atom. The number of ether oxygens (including phenoxy) is 1. The van der Waals surface area contributed by atoms with Crippen LogP contribution in [0.3, 0.4) is 0 Å². The molecule has 0 spiro atoms. The highest BCUT2D eigenvalue weighted by Gasteiger charge is 2.75. The average molecular weight is 1340 g/mol. The highest BCUT2D eigenvalue weighted by atomic mass is 35.5. The van der Waals surface area contributed by atoms with Crippen LogP contribution < -0.4 is 19.5 Å². The Morgan fingerprint density at radius 1 is 0.814 bits per heavy atom. The molecule has 2 aromatic heterocycles. The molecule has 0 radical (unpaired) electrons. The molecule has 86 heavy (non-hydrogen) atoms. The van der Waals surface area contributed by atoms with E-state index < -0.39 is 94.0 Å². The minimum atomic E-state index is -4.02. The number of fused-ring (bicyclic) bond motifs is 6. The predicted octanol–water partition coefficient (Wildman–Crippen LogP) is 10.9.